The molecule has 2 amide bonds. The van der Waals surface area contributed by atoms with Crippen molar-refractivity contribution in [2.45, 2.75) is 45.7 Å². The first-order valence-electron chi connectivity index (χ1n) is 13.0. The third-order valence-electron chi connectivity index (χ3n) is 6.31. The van der Waals surface area contributed by atoms with Gasteiger partial charge >= 0.3 is 0 Å². The van der Waals surface area contributed by atoms with E-state index in [9.17, 15) is 18.0 Å². The Balaban J connectivity index is 1.86. The van der Waals surface area contributed by atoms with Gasteiger partial charge in [0.05, 0.1) is 11.9 Å². The number of halogens is 1. The maximum Gasteiger partial charge on any atom is 0.243 e. The van der Waals surface area contributed by atoms with Crippen molar-refractivity contribution in [1.82, 2.24) is 10.2 Å². The molecule has 7 nitrogen and oxygen atoms in total. The van der Waals surface area contributed by atoms with Gasteiger partial charge in [0.15, 0.2) is 0 Å². The molecular weight excluding hydrogens is 534 g/mol. The number of likely N-dealkylation sites (N-methyl/N-ethyl adjacent to an activating group) is 1. The molecule has 3 aromatic rings. The van der Waals surface area contributed by atoms with Crippen LogP contribution in [0.2, 0.25) is 5.02 Å². The van der Waals surface area contributed by atoms with Gasteiger partial charge in [-0.3, -0.25) is 13.9 Å². The molecule has 3 aromatic carbocycles. The molecule has 0 heterocycles. The Morgan fingerprint density at radius 1 is 0.949 bits per heavy atom. The van der Waals surface area contributed by atoms with E-state index in [1.165, 1.54) is 4.31 Å². The van der Waals surface area contributed by atoms with Gasteiger partial charge in [-0.25, -0.2) is 8.42 Å². The Morgan fingerprint density at radius 3 is 2.28 bits per heavy atom. The van der Waals surface area contributed by atoms with E-state index in [1.54, 1.807) is 29.2 Å². The highest BCUT2D eigenvalue weighted by molar-refractivity contribution is 7.92. The van der Waals surface area contributed by atoms with Gasteiger partial charge in [-0.2, -0.15) is 0 Å². The van der Waals surface area contributed by atoms with Crippen molar-refractivity contribution in [3.05, 3.63) is 101 Å². The normalized spacial score (nSPS) is 12.0. The molecule has 3 rings (SSSR count). The molecule has 0 aromatic heterocycles. The summed E-state index contributed by atoms with van der Waals surface area (Å²) >= 11 is 6.09. The Bertz CT molecular complexity index is 1370. The van der Waals surface area contributed by atoms with E-state index >= 15 is 0 Å². The number of rotatable bonds is 13. The van der Waals surface area contributed by atoms with E-state index in [1.807, 2.05) is 68.4 Å². The molecule has 0 saturated heterocycles. The molecule has 0 saturated carbocycles. The lowest BCUT2D eigenvalue weighted by atomic mass is 10.0. The van der Waals surface area contributed by atoms with Crippen LogP contribution >= 0.6 is 11.6 Å². The van der Waals surface area contributed by atoms with Crippen molar-refractivity contribution in [3.63, 3.8) is 0 Å². The number of amides is 2. The minimum atomic E-state index is -3.60. The SMILES string of the molecule is CCNC(=O)[C@H](Cc1ccccc1)N(Cc1cccc(C)c1)C(=O)CCCN(c1cccc(Cl)c1)S(C)(=O)=O. The zero-order valence-corrected chi connectivity index (χ0v) is 24.2. The van der Waals surface area contributed by atoms with Gasteiger partial charge in [0.2, 0.25) is 21.8 Å². The summed E-state index contributed by atoms with van der Waals surface area (Å²) in [6, 6.07) is 23.4. The number of nitrogens with one attached hydrogen (secondary N) is 1. The number of hydrogen-bond donors (Lipinski definition) is 1. The summed E-state index contributed by atoms with van der Waals surface area (Å²) in [5, 5.41) is 3.31. The molecule has 208 valence electrons. The number of hydrogen-bond acceptors (Lipinski definition) is 4. The fraction of sp³-hybridized carbons (Fsp3) is 0.333. The number of carbonyl (C=O) groups is 2. The molecule has 0 radical (unpaired) electrons. The molecule has 9 heteroatoms. The van der Waals surface area contributed by atoms with Gasteiger partial charge in [0, 0.05) is 37.5 Å². The van der Waals surface area contributed by atoms with Crippen LogP contribution in [0.15, 0.2) is 78.9 Å². The second kappa shape index (κ2) is 14.1. The van der Waals surface area contributed by atoms with Crippen molar-refractivity contribution in [2.75, 3.05) is 23.7 Å². The quantitative estimate of drug-likeness (QED) is 0.315. The maximum atomic E-state index is 13.8. The van der Waals surface area contributed by atoms with Crippen LogP contribution < -0.4 is 9.62 Å². The van der Waals surface area contributed by atoms with Crippen molar-refractivity contribution < 1.29 is 18.0 Å². The summed E-state index contributed by atoms with van der Waals surface area (Å²) in [6.07, 6.45) is 1.84. The van der Waals surface area contributed by atoms with E-state index in [0.29, 0.717) is 23.7 Å². The Morgan fingerprint density at radius 2 is 1.64 bits per heavy atom. The molecule has 0 bridgehead atoms. The van der Waals surface area contributed by atoms with E-state index in [4.69, 9.17) is 11.6 Å². The lowest BCUT2D eigenvalue weighted by Crippen LogP contribution is -2.50. The minimum Gasteiger partial charge on any atom is -0.355 e. The van der Waals surface area contributed by atoms with Gasteiger partial charge in [0.25, 0.3) is 0 Å². The average Bonchev–Trinajstić information content (AvgIpc) is 2.88. The van der Waals surface area contributed by atoms with Crippen LogP contribution in [0.25, 0.3) is 0 Å². The number of benzene rings is 3. The first-order valence-corrected chi connectivity index (χ1v) is 15.2. The highest BCUT2D eigenvalue weighted by Gasteiger charge is 2.30. The van der Waals surface area contributed by atoms with Gasteiger partial charge in [-0.05, 0) is 49.6 Å². The van der Waals surface area contributed by atoms with Gasteiger partial charge in [-0.1, -0.05) is 77.8 Å². The fourth-order valence-electron chi connectivity index (χ4n) is 4.49. The fourth-order valence-corrected chi connectivity index (χ4v) is 5.63. The number of sulfonamides is 1. The summed E-state index contributed by atoms with van der Waals surface area (Å²) in [7, 11) is -3.60. The Labute approximate surface area is 236 Å². The highest BCUT2D eigenvalue weighted by atomic mass is 35.5. The Hall–Kier alpha value is -3.36. The van der Waals surface area contributed by atoms with Crippen molar-refractivity contribution in [1.29, 1.82) is 0 Å². The molecule has 0 unspecified atom stereocenters. The van der Waals surface area contributed by atoms with Crippen LogP contribution in [-0.4, -0.2) is 50.5 Å². The number of nitrogens with zero attached hydrogens (tertiary/aromatic N) is 2. The van der Waals surface area contributed by atoms with Crippen LogP contribution in [0.1, 0.15) is 36.5 Å². The molecule has 39 heavy (non-hydrogen) atoms. The topological polar surface area (TPSA) is 86.8 Å². The second-order valence-electron chi connectivity index (χ2n) is 9.53. The number of aryl methyl sites for hydroxylation is 1. The first kappa shape index (κ1) is 30.2. The molecule has 0 aliphatic heterocycles. The molecule has 0 aliphatic rings. The summed E-state index contributed by atoms with van der Waals surface area (Å²) < 4.78 is 26.3. The van der Waals surface area contributed by atoms with Crippen LogP contribution in [-0.2, 0) is 32.6 Å². The Kier molecular flexibility index (Phi) is 10.9. The lowest BCUT2D eigenvalue weighted by Gasteiger charge is -2.32. The molecular formula is C30H36ClN3O4S. The predicted octanol–water partition coefficient (Wildman–Crippen LogP) is 4.97. The molecule has 1 N–H and O–H groups in total. The van der Waals surface area contributed by atoms with Crippen molar-refractivity contribution >= 4 is 39.1 Å². The molecule has 0 fully saturated rings. The predicted molar refractivity (Wildman–Crippen MR) is 157 cm³/mol. The van der Waals surface area contributed by atoms with Gasteiger partial charge < -0.3 is 10.2 Å². The smallest absolute Gasteiger partial charge is 0.243 e. The third-order valence-corrected chi connectivity index (χ3v) is 7.74. The molecule has 1 atom stereocenters. The molecule has 0 aliphatic carbocycles. The highest BCUT2D eigenvalue weighted by Crippen LogP contribution is 2.23. The van der Waals surface area contributed by atoms with E-state index < -0.39 is 16.1 Å². The summed E-state index contributed by atoms with van der Waals surface area (Å²) in [6.45, 7) is 4.64. The summed E-state index contributed by atoms with van der Waals surface area (Å²) in [4.78, 5) is 28.6. The first-order chi connectivity index (χ1) is 18.6. The van der Waals surface area contributed by atoms with Gasteiger partial charge in [0.1, 0.15) is 6.04 Å². The van der Waals surface area contributed by atoms with Crippen LogP contribution in [0.4, 0.5) is 5.69 Å². The minimum absolute atomic E-state index is 0.0725. The van der Waals surface area contributed by atoms with E-state index in [-0.39, 0.29) is 37.7 Å². The molecule has 0 spiro atoms. The third kappa shape index (κ3) is 9.11. The van der Waals surface area contributed by atoms with Crippen molar-refractivity contribution in [2.24, 2.45) is 0 Å². The monoisotopic (exact) mass is 569 g/mol. The summed E-state index contributed by atoms with van der Waals surface area (Å²) in [5.41, 5.74) is 3.36. The van der Waals surface area contributed by atoms with Gasteiger partial charge in [-0.15, -0.1) is 0 Å². The standard InChI is InChI=1S/C30H36ClN3O4S/c1-4-32-30(36)28(20-24-12-6-5-7-13-24)33(22-25-14-8-11-23(2)19-25)29(35)17-10-18-34(39(3,37)38)27-16-9-15-26(31)21-27/h5-9,11-16,19,21,28H,4,10,17-18,20,22H2,1-3H3,(H,32,36)/t28-/m0/s1. The largest absolute Gasteiger partial charge is 0.355 e. The average molecular weight is 570 g/mol. The van der Waals surface area contributed by atoms with Crippen molar-refractivity contribution in [3.8, 4) is 0 Å². The van der Waals surface area contributed by atoms with Crippen LogP contribution in [0.5, 0.6) is 0 Å². The maximum absolute atomic E-state index is 13.8. The summed E-state index contributed by atoms with van der Waals surface area (Å²) in [5.74, 6) is -0.442. The second-order valence-corrected chi connectivity index (χ2v) is 11.9. The number of anilines is 1. The zero-order valence-electron chi connectivity index (χ0n) is 22.6. The van der Waals surface area contributed by atoms with Crippen LogP contribution in [0, 0.1) is 6.92 Å². The van der Waals surface area contributed by atoms with Crippen LogP contribution in [0.3, 0.4) is 0 Å². The number of carbonyl (C=O) groups excluding carboxylic acids is 2. The van der Waals surface area contributed by atoms with E-state index in [0.717, 1.165) is 22.9 Å². The van der Waals surface area contributed by atoms with E-state index in [2.05, 4.69) is 5.32 Å². The lowest BCUT2D eigenvalue weighted by molar-refractivity contribution is -0.141. The zero-order chi connectivity index (χ0) is 28.4.